The second-order valence-electron chi connectivity index (χ2n) is 24.0. The molecule has 74 heavy (non-hydrogen) atoms. The van der Waals surface area contributed by atoms with Crippen LogP contribution in [0.4, 0.5) is 11.4 Å². The van der Waals surface area contributed by atoms with Crippen molar-refractivity contribution in [1.82, 2.24) is 9.55 Å². The van der Waals surface area contributed by atoms with Crippen LogP contribution in [0.2, 0.25) is 0 Å². The molecule has 0 spiro atoms. The monoisotopic (exact) mass is 1150 g/mol. The van der Waals surface area contributed by atoms with E-state index in [2.05, 4.69) is 293 Å². The molecule has 1 aliphatic rings. The molecule has 5 nitrogen and oxygen atoms in total. The van der Waals surface area contributed by atoms with Crippen LogP contribution in [-0.2, 0) is 48.1 Å². The Labute approximate surface area is 455 Å². The summed E-state index contributed by atoms with van der Waals surface area (Å²) in [6, 6.07) is 66.7. The fourth-order valence-electron chi connectivity index (χ4n) is 10.2. The quantitative estimate of drug-likeness (QED) is 0.128. The molecule has 380 valence electrons. The van der Waals surface area contributed by atoms with Gasteiger partial charge >= 0.3 is 0 Å². The van der Waals surface area contributed by atoms with Gasteiger partial charge in [0.2, 0.25) is 0 Å². The Morgan fingerprint density at radius 3 is 1.66 bits per heavy atom. The first kappa shape index (κ1) is 52.2. The van der Waals surface area contributed by atoms with E-state index in [9.17, 15) is 0 Å². The summed E-state index contributed by atoms with van der Waals surface area (Å²) in [5.41, 5.74) is 13.6. The molecule has 0 radical (unpaired) electrons. The minimum absolute atomic E-state index is 0. The number of benzene rings is 7. The van der Waals surface area contributed by atoms with Gasteiger partial charge in [0.05, 0.1) is 0 Å². The van der Waals surface area contributed by atoms with Gasteiger partial charge in [0, 0.05) is 61.1 Å². The molecule has 0 aliphatic carbocycles. The van der Waals surface area contributed by atoms with Gasteiger partial charge in [-0.15, -0.1) is 53.8 Å². The van der Waals surface area contributed by atoms with Crippen molar-refractivity contribution in [1.29, 1.82) is 0 Å². The minimum atomic E-state index is -0.395. The Morgan fingerprint density at radius 1 is 0.500 bits per heavy atom. The van der Waals surface area contributed by atoms with E-state index >= 15 is 0 Å². The van der Waals surface area contributed by atoms with E-state index < -0.39 is 5.41 Å². The van der Waals surface area contributed by atoms with Crippen molar-refractivity contribution in [3.05, 3.63) is 239 Å². The molecule has 3 heterocycles. The first-order chi connectivity index (χ1) is 34.6. The standard InChI is InChI=1S/C68H69N4O.Pt/c1-64(2,3)49-33-34-69-62(40-49)72-59-32-24-23-31-57(59)63-58(66(7,8)9)42-56(43-60(63)72)73-55-39-52(68(12,13)48-29-21-16-22-30-48)37-53(41-55)70-44-61(46-25-17-14-18-26-46)71(45-70)54-36-50(65(4,5)6)35-51(38-54)67(10,11)47-27-19-15-20-28-47;/h14-40,42,44-45H,1-13H3;/q-3;. The van der Waals surface area contributed by atoms with Crippen molar-refractivity contribution in [2.45, 2.75) is 117 Å². The molecule has 7 aromatic carbocycles. The molecule has 0 bridgehead atoms. The van der Waals surface area contributed by atoms with Crippen LogP contribution in [0, 0.1) is 18.8 Å². The predicted molar refractivity (Wildman–Crippen MR) is 306 cm³/mol. The topological polar surface area (TPSA) is 33.5 Å². The molecule has 0 atom stereocenters. The van der Waals surface area contributed by atoms with E-state index in [0.717, 1.165) is 55.8 Å². The van der Waals surface area contributed by atoms with E-state index in [1.54, 1.807) is 0 Å². The molecule has 2 aromatic heterocycles. The van der Waals surface area contributed by atoms with Gasteiger partial charge in [0.15, 0.2) is 0 Å². The maximum atomic E-state index is 7.21. The van der Waals surface area contributed by atoms with Crippen molar-refractivity contribution in [2.24, 2.45) is 0 Å². The van der Waals surface area contributed by atoms with Crippen LogP contribution >= 0.6 is 0 Å². The van der Waals surface area contributed by atoms with Crippen molar-refractivity contribution >= 4 is 38.9 Å². The Balaban J connectivity index is 0.00000672. The van der Waals surface area contributed by atoms with Gasteiger partial charge in [0.1, 0.15) is 5.82 Å². The third-order valence-corrected chi connectivity index (χ3v) is 15.0. The fraction of sp³-hybridized carbons (Fsp3) is 0.265. The van der Waals surface area contributed by atoms with Crippen molar-refractivity contribution in [3.63, 3.8) is 0 Å². The summed E-state index contributed by atoms with van der Waals surface area (Å²) < 4.78 is 9.47. The Kier molecular flexibility index (Phi) is 13.8. The summed E-state index contributed by atoms with van der Waals surface area (Å²) in [5.74, 6) is 2.07. The number of para-hydroxylation sites is 1. The maximum Gasteiger partial charge on any atom is 0.135 e. The molecule has 0 fully saturated rings. The Hall–Kier alpha value is -6.68. The second-order valence-corrected chi connectivity index (χ2v) is 24.0. The number of hydrogen-bond acceptors (Lipinski definition) is 4. The number of anilines is 2. The number of fused-ring (bicyclic) bond motifs is 3. The number of hydrogen-bond donors (Lipinski definition) is 0. The Morgan fingerprint density at radius 2 is 1.05 bits per heavy atom. The molecule has 0 unspecified atom stereocenters. The molecule has 0 saturated heterocycles. The number of nitrogens with zero attached hydrogens (tertiary/aromatic N) is 4. The first-order valence-corrected chi connectivity index (χ1v) is 25.8. The molecule has 10 rings (SSSR count). The van der Waals surface area contributed by atoms with E-state index in [1.165, 1.54) is 33.4 Å². The van der Waals surface area contributed by atoms with Crippen molar-refractivity contribution in [3.8, 4) is 17.3 Å². The van der Waals surface area contributed by atoms with Gasteiger partial charge in [-0.2, -0.15) is 0 Å². The van der Waals surface area contributed by atoms with Crippen LogP contribution in [0.3, 0.4) is 0 Å². The number of ether oxygens (including phenoxy) is 1. The smallest absolute Gasteiger partial charge is 0.135 e. The summed E-state index contributed by atoms with van der Waals surface area (Å²) in [6.07, 6.45) is 4.17. The zero-order chi connectivity index (χ0) is 51.7. The SMILES string of the molecule is CC(C)(C)c1cc(N2[CH-]N(c3[c-]c(Oc4[c-]c5c(c(C(C)(C)C)c4)c4ccccc4n5-c4cc(C(C)(C)C)ccn4)cc(C(C)(C)c4ccccc4)c3)C=C2c2ccccc2)cc(C(C)(C)c2ccccc2)c1.[Pt]. The van der Waals surface area contributed by atoms with Crippen LogP contribution in [-0.4, -0.2) is 9.55 Å². The van der Waals surface area contributed by atoms with Crippen LogP contribution in [0.5, 0.6) is 11.5 Å². The predicted octanol–water partition coefficient (Wildman–Crippen LogP) is 17.6. The molecule has 9 aromatic rings. The molecular formula is C68H69N4OPt-3. The van der Waals surface area contributed by atoms with Crippen LogP contribution in [0.25, 0.3) is 33.3 Å². The molecule has 1 aliphatic heterocycles. The van der Waals surface area contributed by atoms with Gasteiger partial charge in [-0.25, -0.2) is 4.98 Å². The van der Waals surface area contributed by atoms with Gasteiger partial charge in [-0.1, -0.05) is 216 Å². The molecular weight excluding hydrogens is 1080 g/mol. The van der Waals surface area contributed by atoms with Gasteiger partial charge in [-0.3, -0.25) is 0 Å². The van der Waals surface area contributed by atoms with Gasteiger partial charge in [-0.05, 0) is 97.0 Å². The minimum Gasteiger partial charge on any atom is -0.509 e. The van der Waals surface area contributed by atoms with E-state index in [1.807, 2.05) is 6.20 Å². The molecule has 6 heteroatoms. The summed E-state index contributed by atoms with van der Waals surface area (Å²) >= 11 is 0. The van der Waals surface area contributed by atoms with E-state index in [-0.39, 0.29) is 42.7 Å². The van der Waals surface area contributed by atoms with Gasteiger partial charge < -0.3 is 19.1 Å². The molecule has 0 amide bonds. The van der Waals surface area contributed by atoms with E-state index in [0.29, 0.717) is 11.5 Å². The fourth-order valence-corrected chi connectivity index (χ4v) is 10.2. The third kappa shape index (κ3) is 10.0. The summed E-state index contributed by atoms with van der Waals surface area (Å²) in [7, 11) is 0. The van der Waals surface area contributed by atoms with Crippen LogP contribution in [0.15, 0.2) is 176 Å². The average Bonchev–Trinajstić information content (AvgIpc) is 3.97. The zero-order valence-corrected chi connectivity index (χ0v) is 47.6. The molecule has 0 N–H and O–H groups in total. The summed E-state index contributed by atoms with van der Waals surface area (Å²) in [4.78, 5) is 9.56. The van der Waals surface area contributed by atoms with Crippen molar-refractivity contribution in [2.75, 3.05) is 9.80 Å². The second kappa shape index (κ2) is 19.5. The summed E-state index contributed by atoms with van der Waals surface area (Å²) in [5, 5.41) is 2.31. The zero-order valence-electron chi connectivity index (χ0n) is 45.3. The first-order valence-electron chi connectivity index (χ1n) is 25.8. The largest absolute Gasteiger partial charge is 0.509 e. The van der Waals surface area contributed by atoms with E-state index in [4.69, 9.17) is 9.72 Å². The van der Waals surface area contributed by atoms with Gasteiger partial charge in [0.25, 0.3) is 0 Å². The van der Waals surface area contributed by atoms with Crippen LogP contribution in [0.1, 0.15) is 135 Å². The number of rotatable bonds is 10. The summed E-state index contributed by atoms with van der Waals surface area (Å²) in [6.45, 7) is 31.9. The Bertz CT molecular complexity index is 3510. The van der Waals surface area contributed by atoms with Crippen LogP contribution < -0.4 is 14.5 Å². The number of pyridine rings is 1. The van der Waals surface area contributed by atoms with Crippen molar-refractivity contribution < 1.29 is 25.8 Å². The number of aromatic nitrogens is 2. The average molecular weight is 1150 g/mol. The maximum absolute atomic E-state index is 7.21. The third-order valence-electron chi connectivity index (χ3n) is 15.0. The normalized spacial score (nSPS) is 13.6. The molecule has 0 saturated carbocycles.